The zero-order chi connectivity index (χ0) is 18.3. The van der Waals surface area contributed by atoms with Crippen LogP contribution in [0.5, 0.6) is 0 Å². The fourth-order valence-corrected chi connectivity index (χ4v) is 3.01. The second-order valence-corrected chi connectivity index (χ2v) is 7.64. The third kappa shape index (κ3) is 6.90. The smallest absolute Gasteiger partial charge is 0.410 e. The number of ketones is 1. The van der Waals surface area contributed by atoms with E-state index >= 15 is 0 Å². The van der Waals surface area contributed by atoms with Gasteiger partial charge in [0.1, 0.15) is 12.2 Å². The number of rotatable bonds is 7. The molecule has 1 atom stereocenters. The molecule has 1 amide bonds. The molecule has 1 N–H and O–H groups in total. The molecular formula is C19H30N2O4. The molecule has 6 heteroatoms. The van der Waals surface area contributed by atoms with Crippen molar-refractivity contribution in [2.45, 2.75) is 52.1 Å². The van der Waals surface area contributed by atoms with Gasteiger partial charge in [-0.3, -0.25) is 4.79 Å². The number of ether oxygens (including phenoxy) is 2. The van der Waals surface area contributed by atoms with Gasteiger partial charge in [0.25, 0.3) is 0 Å². The van der Waals surface area contributed by atoms with E-state index in [9.17, 15) is 9.59 Å². The Labute approximate surface area is 149 Å². The first-order chi connectivity index (χ1) is 11.8. The van der Waals surface area contributed by atoms with Gasteiger partial charge in [-0.1, -0.05) is 0 Å². The number of Topliss-reactive ketones (excluding diaryl/α,β-unsaturated/α-hetero) is 1. The summed E-state index contributed by atoms with van der Waals surface area (Å²) in [5, 5.41) is 0. The lowest BCUT2D eigenvalue weighted by atomic mass is 9.94. The van der Waals surface area contributed by atoms with Gasteiger partial charge in [0.05, 0.1) is 5.69 Å². The molecule has 1 aromatic rings. The maximum atomic E-state index is 12.2. The number of nitrogens with zero attached hydrogens (tertiary/aromatic N) is 1. The molecule has 0 aliphatic carbocycles. The van der Waals surface area contributed by atoms with Gasteiger partial charge >= 0.3 is 6.09 Å². The number of aromatic nitrogens is 1. The molecule has 1 aromatic heterocycles. The summed E-state index contributed by atoms with van der Waals surface area (Å²) in [4.78, 5) is 28.6. The minimum Gasteiger partial charge on any atom is -0.444 e. The zero-order valence-corrected chi connectivity index (χ0v) is 15.5. The number of amides is 1. The number of aromatic amines is 1. The van der Waals surface area contributed by atoms with Crippen LogP contribution in [0.3, 0.4) is 0 Å². The largest absolute Gasteiger partial charge is 0.444 e. The van der Waals surface area contributed by atoms with Crippen LogP contribution in [-0.4, -0.2) is 53.7 Å². The molecule has 25 heavy (non-hydrogen) atoms. The van der Waals surface area contributed by atoms with Crippen molar-refractivity contribution in [3.63, 3.8) is 0 Å². The zero-order valence-electron chi connectivity index (χ0n) is 15.5. The van der Waals surface area contributed by atoms with Crippen molar-refractivity contribution >= 4 is 11.9 Å². The summed E-state index contributed by atoms with van der Waals surface area (Å²) in [5.74, 6) is 0.447. The van der Waals surface area contributed by atoms with E-state index in [4.69, 9.17) is 9.47 Å². The lowest BCUT2D eigenvalue weighted by Gasteiger charge is -2.34. The Balaban J connectivity index is 1.62. The topological polar surface area (TPSA) is 71.6 Å². The van der Waals surface area contributed by atoms with Crippen LogP contribution in [0, 0.1) is 5.92 Å². The molecule has 2 rings (SSSR count). The molecule has 0 saturated carbocycles. The van der Waals surface area contributed by atoms with Crippen molar-refractivity contribution in [2.24, 2.45) is 5.92 Å². The lowest BCUT2D eigenvalue weighted by molar-refractivity contribution is 0.0155. The summed E-state index contributed by atoms with van der Waals surface area (Å²) in [6.45, 7) is 7.85. The molecule has 0 bridgehead atoms. The molecular weight excluding hydrogens is 320 g/mol. The van der Waals surface area contributed by atoms with Gasteiger partial charge in [0, 0.05) is 25.9 Å². The Morgan fingerprint density at radius 1 is 1.36 bits per heavy atom. The molecule has 1 fully saturated rings. The van der Waals surface area contributed by atoms with Crippen molar-refractivity contribution in [2.75, 3.05) is 26.3 Å². The summed E-state index contributed by atoms with van der Waals surface area (Å²) < 4.78 is 10.9. The van der Waals surface area contributed by atoms with Crippen LogP contribution in [0.2, 0.25) is 0 Å². The first-order valence-corrected chi connectivity index (χ1v) is 9.07. The highest BCUT2D eigenvalue weighted by Gasteiger charge is 2.27. The van der Waals surface area contributed by atoms with E-state index in [0.717, 1.165) is 38.8 Å². The van der Waals surface area contributed by atoms with Crippen molar-refractivity contribution in [3.8, 4) is 0 Å². The summed E-state index contributed by atoms with van der Waals surface area (Å²) in [7, 11) is 0. The molecule has 6 nitrogen and oxygen atoms in total. The Morgan fingerprint density at radius 3 is 2.84 bits per heavy atom. The first-order valence-electron chi connectivity index (χ1n) is 9.07. The molecule has 0 aromatic carbocycles. The number of carbonyl (C=O) groups excluding carboxylic acids is 2. The van der Waals surface area contributed by atoms with Gasteiger partial charge in [0.15, 0.2) is 0 Å². The monoisotopic (exact) mass is 350 g/mol. The number of H-pyrrole nitrogens is 1. The fraction of sp³-hybridized carbons (Fsp3) is 0.684. The highest BCUT2D eigenvalue weighted by Crippen LogP contribution is 2.22. The van der Waals surface area contributed by atoms with E-state index in [2.05, 4.69) is 4.98 Å². The first kappa shape index (κ1) is 19.5. The van der Waals surface area contributed by atoms with Crippen LogP contribution in [0.25, 0.3) is 0 Å². The van der Waals surface area contributed by atoms with Crippen LogP contribution in [0.1, 0.15) is 56.9 Å². The van der Waals surface area contributed by atoms with Gasteiger partial charge in [0.2, 0.25) is 5.78 Å². The van der Waals surface area contributed by atoms with Crippen molar-refractivity contribution in [1.29, 1.82) is 0 Å². The Kier molecular flexibility index (Phi) is 7.05. The highest BCUT2D eigenvalue weighted by molar-refractivity contribution is 5.95. The maximum Gasteiger partial charge on any atom is 0.410 e. The quantitative estimate of drug-likeness (QED) is 0.602. The van der Waals surface area contributed by atoms with Crippen LogP contribution < -0.4 is 0 Å². The Morgan fingerprint density at radius 2 is 2.16 bits per heavy atom. The molecule has 0 spiro atoms. The van der Waals surface area contributed by atoms with Crippen LogP contribution in [-0.2, 0) is 9.47 Å². The van der Waals surface area contributed by atoms with E-state index in [0.29, 0.717) is 18.2 Å². The molecule has 1 aliphatic rings. The average Bonchev–Trinajstić information content (AvgIpc) is 3.07. The predicted octanol–water partition coefficient (Wildman–Crippen LogP) is 3.64. The van der Waals surface area contributed by atoms with Crippen molar-refractivity contribution in [3.05, 3.63) is 24.0 Å². The summed E-state index contributed by atoms with van der Waals surface area (Å²) in [5.41, 5.74) is 0.129. The summed E-state index contributed by atoms with van der Waals surface area (Å²) in [6, 6.07) is 3.55. The SMILES string of the molecule is CC(C)(C)OC(=O)N1CCCC(CCCOCC(=O)c2ccc[nH]2)C1. The number of hydrogen-bond donors (Lipinski definition) is 1. The predicted molar refractivity (Wildman–Crippen MR) is 95.7 cm³/mol. The molecule has 2 heterocycles. The Bertz CT molecular complexity index is 548. The Hall–Kier alpha value is -1.82. The second-order valence-electron chi connectivity index (χ2n) is 7.64. The van der Waals surface area contributed by atoms with E-state index in [1.807, 2.05) is 25.7 Å². The number of likely N-dealkylation sites (tertiary alicyclic amines) is 1. The van der Waals surface area contributed by atoms with Gasteiger partial charge in [-0.05, 0) is 64.5 Å². The lowest BCUT2D eigenvalue weighted by Crippen LogP contribution is -2.42. The molecule has 0 radical (unpaired) electrons. The van der Waals surface area contributed by atoms with Gasteiger partial charge in [-0.2, -0.15) is 0 Å². The van der Waals surface area contributed by atoms with Crippen LogP contribution in [0.15, 0.2) is 18.3 Å². The van der Waals surface area contributed by atoms with Gasteiger partial charge < -0.3 is 19.4 Å². The summed E-state index contributed by atoms with van der Waals surface area (Å²) >= 11 is 0. The third-order valence-electron chi connectivity index (χ3n) is 4.20. The molecule has 1 saturated heterocycles. The normalized spacial score (nSPS) is 18.2. The minimum absolute atomic E-state index is 0.0289. The number of nitrogens with one attached hydrogen (secondary N) is 1. The molecule has 140 valence electrons. The van der Waals surface area contributed by atoms with Gasteiger partial charge in [-0.15, -0.1) is 0 Å². The van der Waals surface area contributed by atoms with Crippen molar-refractivity contribution < 1.29 is 19.1 Å². The second kappa shape index (κ2) is 9.04. The maximum absolute atomic E-state index is 12.2. The summed E-state index contributed by atoms with van der Waals surface area (Å²) in [6.07, 6.45) is 5.54. The highest BCUT2D eigenvalue weighted by atomic mass is 16.6. The molecule has 1 aliphatic heterocycles. The van der Waals surface area contributed by atoms with E-state index in [1.54, 1.807) is 18.3 Å². The van der Waals surface area contributed by atoms with Crippen LogP contribution >= 0.6 is 0 Å². The van der Waals surface area contributed by atoms with E-state index in [1.165, 1.54) is 0 Å². The fourth-order valence-electron chi connectivity index (χ4n) is 3.01. The van der Waals surface area contributed by atoms with E-state index < -0.39 is 5.60 Å². The number of piperidine rings is 1. The van der Waals surface area contributed by atoms with Gasteiger partial charge in [-0.25, -0.2) is 4.79 Å². The van der Waals surface area contributed by atoms with E-state index in [-0.39, 0.29) is 18.5 Å². The van der Waals surface area contributed by atoms with Crippen molar-refractivity contribution in [1.82, 2.24) is 9.88 Å². The number of carbonyl (C=O) groups is 2. The third-order valence-corrected chi connectivity index (χ3v) is 4.20. The average molecular weight is 350 g/mol. The number of hydrogen-bond acceptors (Lipinski definition) is 4. The standard InChI is InChI=1S/C19H30N2O4/c1-19(2,3)25-18(23)21-11-5-7-15(13-21)8-6-12-24-14-17(22)16-9-4-10-20-16/h4,9-10,15,20H,5-8,11-14H2,1-3H3. The minimum atomic E-state index is -0.455. The van der Waals surface area contributed by atoms with Crippen LogP contribution in [0.4, 0.5) is 4.79 Å². The molecule has 1 unspecified atom stereocenters.